The molecule has 16 heavy (non-hydrogen) atoms. The van der Waals surface area contributed by atoms with Crippen molar-refractivity contribution in [2.24, 2.45) is 0 Å². The molecule has 0 aliphatic rings. The van der Waals surface area contributed by atoms with Crippen molar-refractivity contribution in [1.82, 2.24) is 0 Å². The van der Waals surface area contributed by atoms with Crippen LogP contribution in [-0.4, -0.2) is 19.4 Å². The molecular weight excluding hydrogens is 204 g/mol. The number of ether oxygens (including phenoxy) is 1. The van der Waals surface area contributed by atoms with Crippen molar-refractivity contribution in [2.45, 2.75) is 25.7 Å². The zero-order chi connectivity index (χ0) is 12.2. The van der Waals surface area contributed by atoms with Crippen LogP contribution in [0.1, 0.15) is 24.5 Å². The van der Waals surface area contributed by atoms with Gasteiger partial charge in [0.2, 0.25) is 0 Å². The van der Waals surface area contributed by atoms with Crippen LogP contribution in [-0.2, 0) is 19.7 Å². The highest BCUT2D eigenvalue weighted by Crippen LogP contribution is 2.28. The molecule has 1 unspecified atom stereocenters. The van der Waals surface area contributed by atoms with Crippen molar-refractivity contribution in [3.63, 3.8) is 0 Å². The molecule has 0 spiro atoms. The zero-order valence-corrected chi connectivity index (χ0v) is 9.82. The standard InChI is InChI=1S/C13H16O3/c1-10-4-6-11(7-5-10)13(2,8-9-14)12(15)16-3/h4-7,9H,8H2,1-3H3. The fourth-order valence-corrected chi connectivity index (χ4v) is 1.63. The second-order valence-electron chi connectivity index (χ2n) is 4.06. The molecule has 1 aromatic carbocycles. The van der Waals surface area contributed by atoms with E-state index in [1.54, 1.807) is 6.92 Å². The van der Waals surface area contributed by atoms with Gasteiger partial charge in [-0.2, -0.15) is 0 Å². The molecule has 0 aliphatic heterocycles. The van der Waals surface area contributed by atoms with Gasteiger partial charge in [-0.05, 0) is 19.4 Å². The molecule has 0 N–H and O–H groups in total. The first kappa shape index (κ1) is 12.4. The Bertz CT molecular complexity index is 381. The fourth-order valence-electron chi connectivity index (χ4n) is 1.63. The predicted molar refractivity (Wildman–Crippen MR) is 61.2 cm³/mol. The summed E-state index contributed by atoms with van der Waals surface area (Å²) in [7, 11) is 1.33. The molecule has 0 aromatic heterocycles. The zero-order valence-electron chi connectivity index (χ0n) is 9.82. The SMILES string of the molecule is COC(=O)C(C)(CC=O)c1ccc(C)cc1. The van der Waals surface area contributed by atoms with Crippen LogP contribution < -0.4 is 0 Å². The number of carbonyl (C=O) groups is 2. The summed E-state index contributed by atoms with van der Waals surface area (Å²) in [6, 6.07) is 7.55. The Morgan fingerprint density at radius 2 is 1.94 bits per heavy atom. The first-order valence-corrected chi connectivity index (χ1v) is 5.14. The molecule has 3 nitrogen and oxygen atoms in total. The Hall–Kier alpha value is -1.64. The number of benzene rings is 1. The van der Waals surface area contributed by atoms with Crippen LogP contribution in [0.2, 0.25) is 0 Å². The van der Waals surface area contributed by atoms with Crippen LogP contribution in [0.4, 0.5) is 0 Å². The van der Waals surface area contributed by atoms with Crippen molar-refractivity contribution in [3.05, 3.63) is 35.4 Å². The van der Waals surface area contributed by atoms with Gasteiger partial charge in [0.25, 0.3) is 0 Å². The van der Waals surface area contributed by atoms with Gasteiger partial charge in [0.15, 0.2) is 0 Å². The van der Waals surface area contributed by atoms with Gasteiger partial charge >= 0.3 is 5.97 Å². The molecule has 1 aromatic rings. The van der Waals surface area contributed by atoms with E-state index in [4.69, 9.17) is 4.74 Å². The highest BCUT2D eigenvalue weighted by atomic mass is 16.5. The molecule has 0 aliphatic carbocycles. The summed E-state index contributed by atoms with van der Waals surface area (Å²) in [5, 5.41) is 0. The predicted octanol–water partition coefficient (Wildman–Crippen LogP) is 2.01. The van der Waals surface area contributed by atoms with Gasteiger partial charge in [-0.15, -0.1) is 0 Å². The maximum atomic E-state index is 11.7. The Kier molecular flexibility index (Phi) is 3.82. The monoisotopic (exact) mass is 220 g/mol. The van der Waals surface area contributed by atoms with E-state index < -0.39 is 5.41 Å². The van der Waals surface area contributed by atoms with Crippen molar-refractivity contribution >= 4 is 12.3 Å². The van der Waals surface area contributed by atoms with Crippen LogP contribution in [0.5, 0.6) is 0 Å². The summed E-state index contributed by atoms with van der Waals surface area (Å²) >= 11 is 0. The first-order chi connectivity index (χ1) is 7.54. The highest BCUT2D eigenvalue weighted by Gasteiger charge is 2.35. The minimum atomic E-state index is -0.885. The first-order valence-electron chi connectivity index (χ1n) is 5.14. The molecule has 1 atom stereocenters. The maximum absolute atomic E-state index is 11.7. The lowest BCUT2D eigenvalue weighted by Crippen LogP contribution is -2.34. The lowest BCUT2D eigenvalue weighted by Gasteiger charge is -2.24. The molecule has 1 rings (SSSR count). The number of hydrogen-bond acceptors (Lipinski definition) is 3. The summed E-state index contributed by atoms with van der Waals surface area (Å²) < 4.78 is 4.75. The quantitative estimate of drug-likeness (QED) is 0.576. The minimum Gasteiger partial charge on any atom is -0.468 e. The Labute approximate surface area is 95.4 Å². The van der Waals surface area contributed by atoms with E-state index in [9.17, 15) is 9.59 Å². The molecular formula is C13H16O3. The van der Waals surface area contributed by atoms with Gasteiger partial charge in [0, 0.05) is 6.42 Å². The van der Waals surface area contributed by atoms with Crippen LogP contribution in [0.25, 0.3) is 0 Å². The van der Waals surface area contributed by atoms with Gasteiger partial charge in [-0.25, -0.2) is 0 Å². The third kappa shape index (κ3) is 2.30. The second kappa shape index (κ2) is 4.92. The topological polar surface area (TPSA) is 43.4 Å². The van der Waals surface area contributed by atoms with E-state index in [1.165, 1.54) is 7.11 Å². The van der Waals surface area contributed by atoms with Gasteiger partial charge < -0.3 is 9.53 Å². The highest BCUT2D eigenvalue weighted by molar-refractivity contribution is 5.85. The molecule has 86 valence electrons. The van der Waals surface area contributed by atoms with Crippen molar-refractivity contribution in [1.29, 1.82) is 0 Å². The van der Waals surface area contributed by atoms with Gasteiger partial charge in [-0.1, -0.05) is 29.8 Å². The van der Waals surface area contributed by atoms with E-state index in [1.807, 2.05) is 31.2 Å². The third-order valence-corrected chi connectivity index (χ3v) is 2.82. The Balaban J connectivity index is 3.15. The van der Waals surface area contributed by atoms with E-state index in [-0.39, 0.29) is 12.4 Å². The van der Waals surface area contributed by atoms with E-state index in [0.717, 1.165) is 17.4 Å². The summed E-state index contributed by atoms with van der Waals surface area (Å²) in [6.45, 7) is 3.69. The van der Waals surface area contributed by atoms with E-state index in [2.05, 4.69) is 0 Å². The second-order valence-corrected chi connectivity index (χ2v) is 4.06. The molecule has 0 saturated heterocycles. The molecule has 0 bridgehead atoms. The number of rotatable bonds is 4. The van der Waals surface area contributed by atoms with Gasteiger partial charge in [0.1, 0.15) is 6.29 Å². The lowest BCUT2D eigenvalue weighted by atomic mass is 9.80. The van der Waals surface area contributed by atoms with E-state index in [0.29, 0.717) is 0 Å². The number of carbonyl (C=O) groups excluding carboxylic acids is 2. The normalized spacial score (nSPS) is 13.9. The number of aldehydes is 1. The summed E-state index contributed by atoms with van der Waals surface area (Å²) in [5.41, 5.74) is 1.03. The van der Waals surface area contributed by atoms with Crippen molar-refractivity contribution in [3.8, 4) is 0 Å². The third-order valence-electron chi connectivity index (χ3n) is 2.82. The average molecular weight is 220 g/mol. The average Bonchev–Trinajstić information content (AvgIpc) is 2.29. The van der Waals surface area contributed by atoms with Crippen LogP contribution in [0, 0.1) is 6.92 Å². The number of esters is 1. The molecule has 0 amide bonds. The minimum absolute atomic E-state index is 0.128. The van der Waals surface area contributed by atoms with Crippen LogP contribution >= 0.6 is 0 Å². The Morgan fingerprint density at radius 1 is 1.38 bits per heavy atom. The summed E-state index contributed by atoms with van der Waals surface area (Å²) in [6.07, 6.45) is 0.875. The molecule has 0 fully saturated rings. The smallest absolute Gasteiger partial charge is 0.316 e. The molecule has 0 saturated carbocycles. The van der Waals surface area contributed by atoms with Crippen molar-refractivity contribution in [2.75, 3.05) is 7.11 Å². The van der Waals surface area contributed by atoms with Gasteiger partial charge in [-0.3, -0.25) is 4.79 Å². The molecule has 0 radical (unpaired) electrons. The summed E-state index contributed by atoms with van der Waals surface area (Å²) in [4.78, 5) is 22.4. The lowest BCUT2D eigenvalue weighted by molar-refractivity contribution is -0.148. The number of hydrogen-bond donors (Lipinski definition) is 0. The Morgan fingerprint density at radius 3 is 2.38 bits per heavy atom. The fraction of sp³-hybridized carbons (Fsp3) is 0.385. The summed E-state index contributed by atoms with van der Waals surface area (Å²) in [5.74, 6) is -0.386. The number of aryl methyl sites for hydroxylation is 1. The van der Waals surface area contributed by atoms with Crippen molar-refractivity contribution < 1.29 is 14.3 Å². The van der Waals surface area contributed by atoms with Crippen LogP contribution in [0.15, 0.2) is 24.3 Å². The molecule has 3 heteroatoms. The number of methoxy groups -OCH3 is 1. The maximum Gasteiger partial charge on any atom is 0.316 e. The molecule has 0 heterocycles. The van der Waals surface area contributed by atoms with Gasteiger partial charge in [0.05, 0.1) is 12.5 Å². The van der Waals surface area contributed by atoms with E-state index >= 15 is 0 Å². The largest absolute Gasteiger partial charge is 0.468 e. The van der Waals surface area contributed by atoms with Crippen LogP contribution in [0.3, 0.4) is 0 Å².